The van der Waals surface area contributed by atoms with E-state index in [1.54, 1.807) is 26.4 Å². The van der Waals surface area contributed by atoms with E-state index in [-0.39, 0.29) is 35.1 Å². The van der Waals surface area contributed by atoms with Crippen LogP contribution in [0.3, 0.4) is 0 Å². The van der Waals surface area contributed by atoms with Gasteiger partial charge < -0.3 is 14.4 Å². The second kappa shape index (κ2) is 8.78. The minimum absolute atomic E-state index is 0.0700. The lowest BCUT2D eigenvalue weighted by molar-refractivity contribution is -0.117. The zero-order chi connectivity index (χ0) is 23.0. The van der Waals surface area contributed by atoms with Crippen LogP contribution in [-0.2, 0) is 21.1 Å². The Morgan fingerprint density at radius 1 is 1.06 bits per heavy atom. The summed E-state index contributed by atoms with van der Waals surface area (Å²) in [4.78, 5) is 19.2. The third-order valence-electron chi connectivity index (χ3n) is 5.57. The lowest BCUT2D eigenvalue weighted by Gasteiger charge is -2.25. The lowest BCUT2D eigenvalue weighted by atomic mass is 10.1. The van der Waals surface area contributed by atoms with Gasteiger partial charge in [0.05, 0.1) is 38.2 Å². The number of amides is 1. The van der Waals surface area contributed by atoms with E-state index >= 15 is 0 Å². The minimum Gasteiger partial charge on any atom is -0.493 e. The largest absolute Gasteiger partial charge is 0.493 e. The highest BCUT2D eigenvalue weighted by Crippen LogP contribution is 2.41. The first-order valence-corrected chi connectivity index (χ1v) is 13.0. The average Bonchev–Trinajstić information content (AvgIpc) is 3.17. The highest BCUT2D eigenvalue weighted by Gasteiger charge is 2.49. The Balaban J connectivity index is 1.64. The fraction of sp³-hybridized carbons (Fsp3) is 0.391. The molecule has 0 N–H and O–H groups in total. The van der Waals surface area contributed by atoms with Gasteiger partial charge in [0.1, 0.15) is 0 Å². The summed E-state index contributed by atoms with van der Waals surface area (Å²) in [6.45, 7) is 4.00. The van der Waals surface area contributed by atoms with Gasteiger partial charge in [-0.1, -0.05) is 23.9 Å². The topological polar surface area (TPSA) is 85.3 Å². The number of anilines is 1. The molecule has 2 fully saturated rings. The lowest BCUT2D eigenvalue weighted by Crippen LogP contribution is -2.37. The molecular weight excluding hydrogens is 448 g/mol. The molecule has 0 aromatic heterocycles. The highest BCUT2D eigenvalue weighted by molar-refractivity contribution is 8.16. The monoisotopic (exact) mass is 474 g/mol. The van der Waals surface area contributed by atoms with Gasteiger partial charge in [-0.15, -0.1) is 0 Å². The molecule has 2 aromatic rings. The van der Waals surface area contributed by atoms with Gasteiger partial charge in [0.2, 0.25) is 0 Å². The van der Waals surface area contributed by atoms with Gasteiger partial charge in [-0.05, 0) is 54.8 Å². The Labute approximate surface area is 192 Å². The van der Waals surface area contributed by atoms with Crippen molar-refractivity contribution in [2.24, 2.45) is 4.99 Å². The van der Waals surface area contributed by atoms with Crippen molar-refractivity contribution >= 4 is 38.4 Å². The van der Waals surface area contributed by atoms with Crippen molar-refractivity contribution in [3.8, 4) is 11.5 Å². The second-order valence-corrected chi connectivity index (χ2v) is 11.5. The van der Waals surface area contributed by atoms with Gasteiger partial charge in [-0.25, -0.2) is 8.42 Å². The van der Waals surface area contributed by atoms with Gasteiger partial charge >= 0.3 is 0 Å². The number of sulfone groups is 1. The number of aryl methyl sites for hydroxylation is 2. The maximum absolute atomic E-state index is 12.9. The smallest absolute Gasteiger partial charge is 0.252 e. The first-order chi connectivity index (χ1) is 15.2. The standard InChI is InChI=1S/C23H26N2O5S2/c1-14-7-15(2)9-17(8-14)25-18-12-32(27,28)13-21(18)31-23(25)24-22(26)11-16-5-6-19(29-3)20(10-16)30-4/h5-10,18,21H,11-13H2,1-4H3/t18-,21+/m1/s1. The first-order valence-electron chi connectivity index (χ1n) is 10.3. The van der Waals surface area contributed by atoms with Crippen molar-refractivity contribution in [3.63, 3.8) is 0 Å². The van der Waals surface area contributed by atoms with Gasteiger partial charge in [-0.2, -0.15) is 4.99 Å². The Morgan fingerprint density at radius 3 is 2.41 bits per heavy atom. The summed E-state index contributed by atoms with van der Waals surface area (Å²) in [5.74, 6) is 1.03. The molecule has 0 saturated carbocycles. The number of ether oxygens (including phenoxy) is 2. The average molecular weight is 475 g/mol. The number of rotatable bonds is 5. The number of carbonyl (C=O) groups excluding carboxylic acids is 1. The van der Waals surface area contributed by atoms with Crippen LogP contribution in [-0.4, -0.2) is 56.5 Å². The molecule has 2 saturated heterocycles. The van der Waals surface area contributed by atoms with E-state index < -0.39 is 9.84 Å². The van der Waals surface area contributed by atoms with Crippen LogP contribution in [0.5, 0.6) is 11.5 Å². The summed E-state index contributed by atoms with van der Waals surface area (Å²) < 4.78 is 35.1. The number of nitrogens with zero attached hydrogens (tertiary/aromatic N) is 2. The quantitative estimate of drug-likeness (QED) is 0.658. The number of benzene rings is 2. The molecule has 2 atom stereocenters. The van der Waals surface area contributed by atoms with Gasteiger partial charge in [0.25, 0.3) is 5.91 Å². The highest BCUT2D eigenvalue weighted by atomic mass is 32.2. The number of hydrogen-bond donors (Lipinski definition) is 0. The van der Waals surface area contributed by atoms with Crippen LogP contribution in [0.25, 0.3) is 0 Å². The molecule has 0 bridgehead atoms. The third kappa shape index (κ3) is 4.63. The van der Waals surface area contributed by atoms with Gasteiger partial charge in [-0.3, -0.25) is 4.79 Å². The fourth-order valence-corrected chi connectivity index (χ4v) is 8.20. The number of methoxy groups -OCH3 is 2. The van der Waals surface area contributed by atoms with Crippen LogP contribution >= 0.6 is 11.8 Å². The molecule has 0 aliphatic carbocycles. The van der Waals surface area contributed by atoms with Crippen LogP contribution in [0.1, 0.15) is 16.7 Å². The van der Waals surface area contributed by atoms with Crippen molar-refractivity contribution in [1.82, 2.24) is 0 Å². The zero-order valence-electron chi connectivity index (χ0n) is 18.5. The molecule has 9 heteroatoms. The minimum atomic E-state index is -3.11. The van der Waals surface area contributed by atoms with Crippen LogP contribution in [0.4, 0.5) is 5.69 Å². The van der Waals surface area contributed by atoms with E-state index in [2.05, 4.69) is 11.1 Å². The van der Waals surface area contributed by atoms with Crippen molar-refractivity contribution in [2.45, 2.75) is 31.6 Å². The van der Waals surface area contributed by atoms with Crippen molar-refractivity contribution in [2.75, 3.05) is 30.6 Å². The molecule has 2 aliphatic heterocycles. The molecule has 0 radical (unpaired) electrons. The summed E-state index contributed by atoms with van der Waals surface area (Å²) >= 11 is 1.38. The van der Waals surface area contributed by atoms with Crippen LogP contribution < -0.4 is 14.4 Å². The predicted molar refractivity (Wildman–Crippen MR) is 128 cm³/mol. The summed E-state index contributed by atoms with van der Waals surface area (Å²) in [7, 11) is -0.000496. The molecule has 32 heavy (non-hydrogen) atoms. The number of aliphatic imine (C=N–C) groups is 1. The molecular formula is C23H26N2O5S2. The number of carbonyl (C=O) groups is 1. The molecule has 4 rings (SSSR count). The zero-order valence-corrected chi connectivity index (χ0v) is 20.1. The molecule has 1 amide bonds. The molecule has 0 spiro atoms. The van der Waals surface area contributed by atoms with Crippen molar-refractivity contribution in [1.29, 1.82) is 0 Å². The second-order valence-electron chi connectivity index (χ2n) is 8.17. The van der Waals surface area contributed by atoms with E-state index in [0.717, 1.165) is 22.4 Å². The van der Waals surface area contributed by atoms with E-state index in [1.165, 1.54) is 11.8 Å². The van der Waals surface area contributed by atoms with E-state index in [9.17, 15) is 13.2 Å². The Morgan fingerprint density at radius 2 is 1.75 bits per heavy atom. The molecule has 2 aromatic carbocycles. The van der Waals surface area contributed by atoms with Crippen LogP contribution in [0.2, 0.25) is 0 Å². The number of thioether (sulfide) groups is 1. The van der Waals surface area contributed by atoms with Crippen molar-refractivity contribution < 1.29 is 22.7 Å². The summed E-state index contributed by atoms with van der Waals surface area (Å²) in [5.41, 5.74) is 3.79. The number of hydrogen-bond acceptors (Lipinski definition) is 6. The fourth-order valence-electron chi connectivity index (χ4n) is 4.27. The van der Waals surface area contributed by atoms with Gasteiger partial charge in [0.15, 0.2) is 26.5 Å². The normalized spacial score (nSPS) is 22.8. The van der Waals surface area contributed by atoms with E-state index in [1.807, 2.05) is 36.9 Å². The van der Waals surface area contributed by atoms with Crippen molar-refractivity contribution in [3.05, 3.63) is 53.1 Å². The molecule has 2 aliphatic rings. The third-order valence-corrected chi connectivity index (χ3v) is 8.78. The number of amidine groups is 1. The molecule has 0 unspecified atom stereocenters. The van der Waals surface area contributed by atoms with Gasteiger partial charge in [0, 0.05) is 10.9 Å². The maximum Gasteiger partial charge on any atom is 0.252 e. The first kappa shape index (κ1) is 22.7. The molecule has 7 nitrogen and oxygen atoms in total. The SMILES string of the molecule is COc1ccc(CC(=O)N=C2S[C@H]3CS(=O)(=O)C[C@H]3N2c2cc(C)cc(C)c2)cc1OC. The molecule has 170 valence electrons. The maximum atomic E-state index is 12.9. The van der Waals surface area contributed by atoms with E-state index in [4.69, 9.17) is 9.47 Å². The Bertz CT molecular complexity index is 1170. The Hall–Kier alpha value is -2.52. The van der Waals surface area contributed by atoms with E-state index in [0.29, 0.717) is 16.7 Å². The summed E-state index contributed by atoms with van der Waals surface area (Å²) in [5, 5.41) is 0.429. The Kier molecular flexibility index (Phi) is 6.22. The van der Waals surface area contributed by atoms with Crippen LogP contribution in [0.15, 0.2) is 41.4 Å². The summed E-state index contributed by atoms with van der Waals surface area (Å²) in [6.07, 6.45) is 0.110. The van der Waals surface area contributed by atoms with Crippen LogP contribution in [0, 0.1) is 13.8 Å². The number of fused-ring (bicyclic) bond motifs is 1. The summed E-state index contributed by atoms with van der Waals surface area (Å²) in [6, 6.07) is 11.2. The molecule has 2 heterocycles. The predicted octanol–water partition coefficient (Wildman–Crippen LogP) is 3.16.